The summed E-state index contributed by atoms with van der Waals surface area (Å²) in [4.78, 5) is 24.2. The number of rotatable bonds is 8. The summed E-state index contributed by atoms with van der Waals surface area (Å²) in [7, 11) is 0. The maximum atomic E-state index is 12.4. The molecule has 26 heavy (non-hydrogen) atoms. The van der Waals surface area contributed by atoms with Crippen LogP contribution in [0.3, 0.4) is 0 Å². The number of amides is 1. The van der Waals surface area contributed by atoms with Crippen LogP contribution >= 0.6 is 0 Å². The van der Waals surface area contributed by atoms with Gasteiger partial charge in [-0.05, 0) is 43.0 Å². The van der Waals surface area contributed by atoms with Gasteiger partial charge in [0.1, 0.15) is 12.4 Å². The molecule has 1 aliphatic rings. The fraction of sp³-hybridized carbons (Fsp3) is 0.333. The maximum Gasteiger partial charge on any atom is 0.317 e. The molecule has 0 bridgehead atoms. The zero-order chi connectivity index (χ0) is 18.4. The van der Waals surface area contributed by atoms with Gasteiger partial charge in [-0.25, -0.2) is 0 Å². The Morgan fingerprint density at radius 3 is 2.54 bits per heavy atom. The Bertz CT molecular complexity index is 769. The van der Waals surface area contributed by atoms with Crippen molar-refractivity contribution in [2.45, 2.75) is 25.2 Å². The predicted octanol–water partition coefficient (Wildman–Crippen LogP) is 2.77. The number of aryl methyl sites for hydroxylation is 1. The summed E-state index contributed by atoms with van der Waals surface area (Å²) < 4.78 is 10.8. The third kappa shape index (κ3) is 4.42. The van der Waals surface area contributed by atoms with Crippen LogP contribution in [-0.2, 0) is 19.7 Å². The average Bonchev–Trinajstić information content (AvgIpc) is 3.46. The first-order valence-electron chi connectivity index (χ1n) is 8.79. The average molecular weight is 353 g/mol. The predicted molar refractivity (Wildman–Crippen MR) is 98.0 cm³/mol. The molecule has 0 aliphatic heterocycles. The van der Waals surface area contributed by atoms with Crippen molar-refractivity contribution in [2.75, 3.05) is 19.8 Å². The van der Waals surface area contributed by atoms with E-state index < -0.39 is 5.41 Å². The molecule has 1 fully saturated rings. The molecule has 136 valence electrons. The molecule has 5 nitrogen and oxygen atoms in total. The number of esters is 1. The normalized spacial score (nSPS) is 14.3. The Balaban J connectivity index is 1.37. The molecule has 0 unspecified atom stereocenters. The Morgan fingerprint density at radius 2 is 1.85 bits per heavy atom. The smallest absolute Gasteiger partial charge is 0.317 e. The van der Waals surface area contributed by atoms with Gasteiger partial charge in [0, 0.05) is 0 Å². The van der Waals surface area contributed by atoms with E-state index in [1.165, 1.54) is 0 Å². The molecular formula is C21H23NO4. The van der Waals surface area contributed by atoms with Crippen LogP contribution in [0.2, 0.25) is 0 Å². The summed E-state index contributed by atoms with van der Waals surface area (Å²) in [6.45, 7) is 2.44. The summed E-state index contributed by atoms with van der Waals surface area (Å²) in [5, 5.41) is 2.69. The fourth-order valence-corrected chi connectivity index (χ4v) is 2.88. The van der Waals surface area contributed by atoms with E-state index >= 15 is 0 Å². The maximum absolute atomic E-state index is 12.4. The van der Waals surface area contributed by atoms with Crippen molar-refractivity contribution in [1.29, 1.82) is 0 Å². The van der Waals surface area contributed by atoms with E-state index in [9.17, 15) is 9.59 Å². The number of carbonyl (C=O) groups excluding carboxylic acids is 2. The van der Waals surface area contributed by atoms with E-state index in [1.54, 1.807) is 0 Å². The van der Waals surface area contributed by atoms with Gasteiger partial charge in [-0.2, -0.15) is 0 Å². The Hall–Kier alpha value is -2.82. The quantitative estimate of drug-likeness (QED) is 0.585. The molecule has 0 saturated heterocycles. The van der Waals surface area contributed by atoms with Crippen LogP contribution in [0.5, 0.6) is 5.75 Å². The van der Waals surface area contributed by atoms with Crippen LogP contribution in [0.4, 0.5) is 0 Å². The molecule has 1 N–H and O–H groups in total. The van der Waals surface area contributed by atoms with Gasteiger partial charge in [0.25, 0.3) is 5.91 Å². The summed E-state index contributed by atoms with van der Waals surface area (Å²) in [5.41, 5.74) is 1.51. The van der Waals surface area contributed by atoms with E-state index in [0.717, 1.165) is 29.7 Å². The molecular weight excluding hydrogens is 330 g/mol. The zero-order valence-electron chi connectivity index (χ0n) is 14.9. The van der Waals surface area contributed by atoms with Gasteiger partial charge in [0.2, 0.25) is 0 Å². The highest BCUT2D eigenvalue weighted by Crippen LogP contribution is 2.49. The summed E-state index contributed by atoms with van der Waals surface area (Å²) in [5.74, 6) is 0.120. The van der Waals surface area contributed by atoms with E-state index in [4.69, 9.17) is 9.47 Å². The highest BCUT2D eigenvalue weighted by Gasteiger charge is 2.52. The van der Waals surface area contributed by atoms with Crippen molar-refractivity contribution >= 4 is 11.9 Å². The van der Waals surface area contributed by atoms with Gasteiger partial charge in [-0.15, -0.1) is 0 Å². The second-order valence-corrected chi connectivity index (χ2v) is 6.54. The molecule has 1 saturated carbocycles. The molecule has 0 radical (unpaired) electrons. The summed E-state index contributed by atoms with van der Waals surface area (Å²) >= 11 is 0. The lowest BCUT2D eigenvalue weighted by molar-refractivity contribution is -0.151. The Kier molecular flexibility index (Phi) is 5.56. The van der Waals surface area contributed by atoms with E-state index in [1.807, 2.05) is 61.5 Å². The SMILES string of the molecule is Cc1cccc(OCCNC(=O)COC(=O)C2(c3ccccc3)CC2)c1. The molecule has 0 spiro atoms. The fourth-order valence-electron chi connectivity index (χ4n) is 2.88. The minimum Gasteiger partial charge on any atom is -0.492 e. The van der Waals surface area contributed by atoms with Gasteiger partial charge < -0.3 is 14.8 Å². The molecule has 3 rings (SSSR count). The number of hydrogen-bond acceptors (Lipinski definition) is 4. The van der Waals surface area contributed by atoms with Gasteiger partial charge in [-0.1, -0.05) is 42.5 Å². The van der Waals surface area contributed by atoms with Crippen molar-refractivity contribution in [3.05, 3.63) is 65.7 Å². The molecule has 1 aliphatic carbocycles. The minimum atomic E-state index is -0.560. The molecule has 5 heteroatoms. The molecule has 0 aromatic heterocycles. The van der Waals surface area contributed by atoms with Crippen LogP contribution in [0.15, 0.2) is 54.6 Å². The van der Waals surface area contributed by atoms with E-state index in [2.05, 4.69) is 5.32 Å². The number of nitrogens with one attached hydrogen (secondary N) is 1. The van der Waals surface area contributed by atoms with Gasteiger partial charge in [0.15, 0.2) is 6.61 Å². The second-order valence-electron chi connectivity index (χ2n) is 6.54. The third-order valence-corrected chi connectivity index (χ3v) is 4.48. The standard InChI is InChI=1S/C21H23NO4/c1-16-6-5-9-18(14-16)25-13-12-22-19(23)15-26-20(24)21(10-11-21)17-7-3-2-4-8-17/h2-9,14H,10-13,15H2,1H3,(H,22,23). The van der Waals surface area contributed by atoms with Crippen LogP contribution in [0.1, 0.15) is 24.0 Å². The van der Waals surface area contributed by atoms with Crippen LogP contribution < -0.4 is 10.1 Å². The highest BCUT2D eigenvalue weighted by molar-refractivity contribution is 5.88. The largest absolute Gasteiger partial charge is 0.492 e. The summed E-state index contributed by atoms with van der Waals surface area (Å²) in [6.07, 6.45) is 1.53. The van der Waals surface area contributed by atoms with Crippen LogP contribution in [-0.4, -0.2) is 31.6 Å². The van der Waals surface area contributed by atoms with Crippen molar-refractivity contribution in [3.8, 4) is 5.75 Å². The first-order chi connectivity index (χ1) is 12.6. The molecule has 1 amide bonds. The number of ether oxygens (including phenoxy) is 2. The summed E-state index contributed by atoms with van der Waals surface area (Å²) in [6, 6.07) is 17.3. The van der Waals surface area contributed by atoms with Crippen LogP contribution in [0, 0.1) is 6.92 Å². The van der Waals surface area contributed by atoms with Crippen LogP contribution in [0.25, 0.3) is 0 Å². The lowest BCUT2D eigenvalue weighted by Crippen LogP contribution is -2.34. The third-order valence-electron chi connectivity index (χ3n) is 4.48. The lowest BCUT2D eigenvalue weighted by Gasteiger charge is -2.14. The van der Waals surface area contributed by atoms with Gasteiger partial charge in [0.05, 0.1) is 12.0 Å². The van der Waals surface area contributed by atoms with Gasteiger partial charge in [-0.3, -0.25) is 9.59 Å². The Morgan fingerprint density at radius 1 is 1.08 bits per heavy atom. The van der Waals surface area contributed by atoms with Gasteiger partial charge >= 0.3 is 5.97 Å². The van der Waals surface area contributed by atoms with E-state index in [-0.39, 0.29) is 18.5 Å². The van der Waals surface area contributed by atoms with Crippen molar-refractivity contribution in [3.63, 3.8) is 0 Å². The van der Waals surface area contributed by atoms with Crippen molar-refractivity contribution < 1.29 is 19.1 Å². The topological polar surface area (TPSA) is 64.6 Å². The number of carbonyl (C=O) groups is 2. The van der Waals surface area contributed by atoms with Crippen molar-refractivity contribution in [1.82, 2.24) is 5.32 Å². The van der Waals surface area contributed by atoms with E-state index in [0.29, 0.717) is 13.2 Å². The molecule has 0 atom stereocenters. The molecule has 2 aromatic rings. The second kappa shape index (κ2) is 8.04. The first-order valence-corrected chi connectivity index (χ1v) is 8.79. The zero-order valence-corrected chi connectivity index (χ0v) is 14.9. The lowest BCUT2D eigenvalue weighted by atomic mass is 9.96. The minimum absolute atomic E-state index is 0.266. The Labute approximate surface area is 153 Å². The molecule has 0 heterocycles. The van der Waals surface area contributed by atoms with Crippen molar-refractivity contribution in [2.24, 2.45) is 0 Å². The monoisotopic (exact) mass is 353 g/mol. The number of benzene rings is 2. The first kappa shape index (κ1) is 18.0. The highest BCUT2D eigenvalue weighted by atomic mass is 16.5. The number of hydrogen-bond donors (Lipinski definition) is 1. The molecule has 2 aromatic carbocycles.